The third kappa shape index (κ3) is 5.48. The molecule has 29 heavy (non-hydrogen) atoms. The van der Waals surface area contributed by atoms with E-state index in [2.05, 4.69) is 20.8 Å². The minimum Gasteiger partial charge on any atom is -0.454 e. The number of carbonyl (C=O) groups excluding carboxylic acids is 3. The van der Waals surface area contributed by atoms with Gasteiger partial charge in [0.1, 0.15) is 6.54 Å². The van der Waals surface area contributed by atoms with Crippen molar-refractivity contribution in [2.75, 3.05) is 18.5 Å². The summed E-state index contributed by atoms with van der Waals surface area (Å²) in [6.07, 6.45) is 0. The molecule has 0 aliphatic carbocycles. The molecule has 148 valence electrons. The molecule has 0 atom stereocenters. The first-order chi connectivity index (χ1) is 14.0. The van der Waals surface area contributed by atoms with Crippen LogP contribution in [0.1, 0.15) is 15.9 Å². The molecule has 1 aromatic heterocycles. The first-order valence-corrected chi connectivity index (χ1v) is 8.71. The standard InChI is InChI=1S/C20H18N4O5/c1-13-7-5-6-10-15(13)18(27)21-11-17(26)28-12-16(25)22-20-24-23-19(29-20)14-8-3-2-4-9-14/h2-10H,11-12H2,1H3,(H,21,27)(H,22,24,25). The number of nitrogens with one attached hydrogen (secondary N) is 2. The number of benzene rings is 2. The van der Waals surface area contributed by atoms with E-state index >= 15 is 0 Å². The van der Waals surface area contributed by atoms with Gasteiger partial charge in [-0.1, -0.05) is 41.5 Å². The third-order valence-electron chi connectivity index (χ3n) is 3.84. The third-order valence-corrected chi connectivity index (χ3v) is 3.84. The van der Waals surface area contributed by atoms with Crippen molar-refractivity contribution in [2.24, 2.45) is 0 Å². The lowest BCUT2D eigenvalue weighted by molar-refractivity contribution is -0.146. The van der Waals surface area contributed by atoms with E-state index < -0.39 is 24.4 Å². The Hall–Kier alpha value is -4.01. The molecule has 0 saturated heterocycles. The summed E-state index contributed by atoms with van der Waals surface area (Å²) in [5.74, 6) is -1.55. The van der Waals surface area contributed by atoms with E-state index in [1.165, 1.54) is 0 Å². The van der Waals surface area contributed by atoms with Crippen LogP contribution in [-0.4, -0.2) is 41.1 Å². The van der Waals surface area contributed by atoms with Crippen molar-refractivity contribution in [2.45, 2.75) is 6.92 Å². The van der Waals surface area contributed by atoms with Gasteiger partial charge >= 0.3 is 12.0 Å². The van der Waals surface area contributed by atoms with Crippen molar-refractivity contribution < 1.29 is 23.5 Å². The van der Waals surface area contributed by atoms with E-state index in [4.69, 9.17) is 9.15 Å². The van der Waals surface area contributed by atoms with E-state index in [-0.39, 0.29) is 18.5 Å². The number of rotatable bonds is 7. The van der Waals surface area contributed by atoms with Gasteiger partial charge in [-0.05, 0) is 30.7 Å². The van der Waals surface area contributed by atoms with Crippen molar-refractivity contribution in [1.82, 2.24) is 15.5 Å². The Bertz CT molecular complexity index is 1020. The van der Waals surface area contributed by atoms with Gasteiger partial charge in [0, 0.05) is 11.1 Å². The fourth-order valence-electron chi connectivity index (χ4n) is 2.40. The molecule has 3 aromatic rings. The monoisotopic (exact) mass is 394 g/mol. The molecule has 0 aliphatic heterocycles. The molecule has 0 spiro atoms. The molecule has 9 nitrogen and oxygen atoms in total. The molecule has 0 unspecified atom stereocenters. The number of hydrogen-bond donors (Lipinski definition) is 2. The highest BCUT2D eigenvalue weighted by Gasteiger charge is 2.14. The quantitative estimate of drug-likeness (QED) is 0.587. The fraction of sp³-hybridized carbons (Fsp3) is 0.150. The number of esters is 1. The van der Waals surface area contributed by atoms with Gasteiger partial charge in [-0.2, -0.15) is 0 Å². The second kappa shape index (κ2) is 9.27. The van der Waals surface area contributed by atoms with Crippen molar-refractivity contribution in [3.63, 3.8) is 0 Å². The molecule has 2 amide bonds. The normalized spacial score (nSPS) is 10.2. The van der Waals surface area contributed by atoms with Crippen LogP contribution < -0.4 is 10.6 Å². The molecule has 0 saturated carbocycles. The second-order valence-electron chi connectivity index (χ2n) is 5.98. The van der Waals surface area contributed by atoms with Crippen LogP contribution in [0.2, 0.25) is 0 Å². The minimum absolute atomic E-state index is 0.113. The molecule has 0 radical (unpaired) electrons. The highest BCUT2D eigenvalue weighted by Crippen LogP contribution is 2.18. The Morgan fingerprint density at radius 2 is 1.72 bits per heavy atom. The van der Waals surface area contributed by atoms with Crippen LogP contribution in [0.5, 0.6) is 0 Å². The first-order valence-electron chi connectivity index (χ1n) is 8.71. The highest BCUT2D eigenvalue weighted by atomic mass is 16.5. The Morgan fingerprint density at radius 3 is 2.48 bits per heavy atom. The number of aromatic nitrogens is 2. The van der Waals surface area contributed by atoms with Gasteiger partial charge in [-0.3, -0.25) is 19.7 Å². The van der Waals surface area contributed by atoms with Crippen molar-refractivity contribution in [1.29, 1.82) is 0 Å². The number of ether oxygens (including phenoxy) is 1. The average Bonchev–Trinajstić information content (AvgIpc) is 3.20. The molecule has 2 N–H and O–H groups in total. The number of amides is 2. The van der Waals surface area contributed by atoms with Crippen LogP contribution in [0.15, 0.2) is 59.0 Å². The van der Waals surface area contributed by atoms with Crippen LogP contribution in [-0.2, 0) is 14.3 Å². The zero-order valence-corrected chi connectivity index (χ0v) is 15.5. The molecule has 0 fully saturated rings. The number of anilines is 1. The Kier molecular flexibility index (Phi) is 6.31. The largest absolute Gasteiger partial charge is 0.454 e. The first kappa shape index (κ1) is 19.7. The molecule has 0 aliphatic rings. The Morgan fingerprint density at radius 1 is 1.00 bits per heavy atom. The molecular formula is C20H18N4O5. The summed E-state index contributed by atoms with van der Waals surface area (Å²) in [5, 5.41) is 12.3. The van der Waals surface area contributed by atoms with Gasteiger partial charge in [0.25, 0.3) is 11.8 Å². The number of nitrogens with zero attached hydrogens (tertiary/aromatic N) is 2. The van der Waals surface area contributed by atoms with Crippen LogP contribution >= 0.6 is 0 Å². The van der Waals surface area contributed by atoms with Crippen LogP contribution in [0.25, 0.3) is 11.5 Å². The van der Waals surface area contributed by atoms with Crippen LogP contribution in [0.3, 0.4) is 0 Å². The lowest BCUT2D eigenvalue weighted by Crippen LogP contribution is -2.32. The average molecular weight is 394 g/mol. The maximum Gasteiger partial charge on any atom is 0.325 e. The molecule has 3 rings (SSSR count). The molecule has 1 heterocycles. The van der Waals surface area contributed by atoms with E-state index in [1.807, 2.05) is 24.3 Å². The van der Waals surface area contributed by atoms with Crippen LogP contribution in [0.4, 0.5) is 6.01 Å². The smallest absolute Gasteiger partial charge is 0.325 e. The molecular weight excluding hydrogens is 376 g/mol. The van der Waals surface area contributed by atoms with Gasteiger partial charge < -0.3 is 14.5 Å². The second-order valence-corrected chi connectivity index (χ2v) is 5.98. The predicted molar refractivity (Wildman–Crippen MR) is 103 cm³/mol. The summed E-state index contributed by atoms with van der Waals surface area (Å²) in [6.45, 7) is 0.875. The van der Waals surface area contributed by atoms with E-state index in [0.29, 0.717) is 11.1 Å². The maximum atomic E-state index is 12.0. The van der Waals surface area contributed by atoms with Gasteiger partial charge in [-0.15, -0.1) is 5.10 Å². The van der Waals surface area contributed by atoms with Gasteiger partial charge in [0.2, 0.25) is 5.89 Å². The predicted octanol–water partition coefficient (Wildman–Crippen LogP) is 1.96. The molecule has 2 aromatic carbocycles. The van der Waals surface area contributed by atoms with Crippen molar-refractivity contribution in [3.05, 3.63) is 65.7 Å². The minimum atomic E-state index is -0.752. The maximum absolute atomic E-state index is 12.0. The molecule has 0 bridgehead atoms. The summed E-state index contributed by atoms with van der Waals surface area (Å²) in [4.78, 5) is 35.6. The van der Waals surface area contributed by atoms with E-state index in [1.54, 1.807) is 37.3 Å². The van der Waals surface area contributed by atoms with E-state index in [0.717, 1.165) is 5.56 Å². The summed E-state index contributed by atoms with van der Waals surface area (Å²) < 4.78 is 10.2. The summed E-state index contributed by atoms with van der Waals surface area (Å²) in [6, 6.07) is 15.9. The highest BCUT2D eigenvalue weighted by molar-refractivity contribution is 5.97. The fourth-order valence-corrected chi connectivity index (χ4v) is 2.40. The number of carbonyl (C=O) groups is 3. The summed E-state index contributed by atoms with van der Waals surface area (Å²) >= 11 is 0. The van der Waals surface area contributed by atoms with E-state index in [9.17, 15) is 14.4 Å². The summed E-state index contributed by atoms with van der Waals surface area (Å²) in [5.41, 5.74) is 1.95. The topological polar surface area (TPSA) is 123 Å². The van der Waals surface area contributed by atoms with Gasteiger partial charge in [0.15, 0.2) is 6.61 Å². The molecule has 9 heteroatoms. The van der Waals surface area contributed by atoms with Crippen molar-refractivity contribution >= 4 is 23.8 Å². The SMILES string of the molecule is Cc1ccccc1C(=O)NCC(=O)OCC(=O)Nc1nnc(-c2ccccc2)o1. The summed E-state index contributed by atoms with van der Waals surface area (Å²) in [7, 11) is 0. The Balaban J connectivity index is 1.42. The van der Waals surface area contributed by atoms with Crippen LogP contribution in [0, 0.1) is 6.92 Å². The number of hydrogen-bond acceptors (Lipinski definition) is 7. The van der Waals surface area contributed by atoms with Gasteiger partial charge in [-0.25, -0.2) is 0 Å². The van der Waals surface area contributed by atoms with Crippen molar-refractivity contribution in [3.8, 4) is 11.5 Å². The lowest BCUT2D eigenvalue weighted by Gasteiger charge is -2.07. The zero-order chi connectivity index (χ0) is 20.6. The lowest BCUT2D eigenvalue weighted by atomic mass is 10.1. The number of aryl methyl sites for hydroxylation is 1. The van der Waals surface area contributed by atoms with Gasteiger partial charge in [0.05, 0.1) is 0 Å². The Labute approximate surface area is 166 Å². The zero-order valence-electron chi connectivity index (χ0n) is 15.5.